The third kappa shape index (κ3) is 5.30. The summed E-state index contributed by atoms with van der Waals surface area (Å²) in [4.78, 5) is 0.274. The number of nitrogens with one attached hydrogen (secondary N) is 1. The first-order chi connectivity index (χ1) is 8.84. The molecular weight excluding hydrogens is 262 g/mol. The zero-order valence-electron chi connectivity index (χ0n) is 11.8. The Morgan fingerprint density at radius 1 is 1.21 bits per heavy atom. The van der Waals surface area contributed by atoms with Crippen molar-refractivity contribution in [2.45, 2.75) is 31.3 Å². The summed E-state index contributed by atoms with van der Waals surface area (Å²) >= 11 is 0. The molecule has 108 valence electrons. The molecule has 19 heavy (non-hydrogen) atoms. The molecule has 0 saturated carbocycles. The van der Waals surface area contributed by atoms with Crippen molar-refractivity contribution in [1.29, 1.82) is 0 Å². The monoisotopic (exact) mass is 285 g/mol. The predicted octanol–water partition coefficient (Wildman–Crippen LogP) is 1.76. The van der Waals surface area contributed by atoms with E-state index >= 15 is 0 Å². The van der Waals surface area contributed by atoms with Crippen LogP contribution in [-0.4, -0.2) is 32.9 Å². The van der Waals surface area contributed by atoms with Gasteiger partial charge in [0.25, 0.3) is 0 Å². The van der Waals surface area contributed by atoms with Crippen LogP contribution in [0.4, 0.5) is 0 Å². The predicted molar refractivity (Wildman–Crippen MR) is 76.8 cm³/mol. The molecule has 0 bridgehead atoms. The summed E-state index contributed by atoms with van der Waals surface area (Å²) in [6.07, 6.45) is 1.66. The second-order valence-electron chi connectivity index (χ2n) is 5.03. The fourth-order valence-electron chi connectivity index (χ4n) is 1.67. The molecule has 0 fully saturated rings. The minimum atomic E-state index is -3.17. The Morgan fingerprint density at radius 3 is 2.26 bits per heavy atom. The van der Waals surface area contributed by atoms with Gasteiger partial charge in [-0.15, -0.1) is 0 Å². The largest absolute Gasteiger partial charge is 0.387 e. The maximum Gasteiger partial charge on any atom is 0.175 e. The van der Waals surface area contributed by atoms with Crippen molar-refractivity contribution in [1.82, 2.24) is 5.32 Å². The highest BCUT2D eigenvalue weighted by atomic mass is 32.2. The third-order valence-electron chi connectivity index (χ3n) is 3.22. The maximum absolute atomic E-state index is 11.3. The standard InChI is InChI=1S/C14H23NO3S/c1-4-11(2)9-15-10-14(16)12-5-7-13(8-6-12)19(3,17)18/h5-8,11,14-16H,4,9-10H2,1-3H3. The second kappa shape index (κ2) is 7.03. The Balaban J connectivity index is 2.56. The topological polar surface area (TPSA) is 66.4 Å². The Hall–Kier alpha value is -0.910. The zero-order valence-corrected chi connectivity index (χ0v) is 12.6. The minimum absolute atomic E-state index is 0.274. The summed E-state index contributed by atoms with van der Waals surface area (Å²) < 4.78 is 22.6. The van der Waals surface area contributed by atoms with Gasteiger partial charge in [-0.1, -0.05) is 32.4 Å². The molecule has 0 radical (unpaired) electrons. The second-order valence-corrected chi connectivity index (χ2v) is 7.04. The smallest absolute Gasteiger partial charge is 0.175 e. The first-order valence-corrected chi connectivity index (χ1v) is 8.42. The number of hydrogen-bond acceptors (Lipinski definition) is 4. The van der Waals surface area contributed by atoms with Gasteiger partial charge in [-0.25, -0.2) is 8.42 Å². The van der Waals surface area contributed by atoms with E-state index in [4.69, 9.17) is 0 Å². The van der Waals surface area contributed by atoms with Crippen LogP contribution >= 0.6 is 0 Å². The molecule has 0 aliphatic carbocycles. The molecule has 0 aromatic heterocycles. The highest BCUT2D eigenvalue weighted by Gasteiger charge is 2.10. The highest BCUT2D eigenvalue weighted by Crippen LogP contribution is 2.16. The average Bonchev–Trinajstić information content (AvgIpc) is 2.37. The third-order valence-corrected chi connectivity index (χ3v) is 4.35. The summed E-state index contributed by atoms with van der Waals surface area (Å²) in [7, 11) is -3.17. The normalized spacial score (nSPS) is 15.2. The van der Waals surface area contributed by atoms with Crippen LogP contribution in [0.3, 0.4) is 0 Å². The molecule has 2 atom stereocenters. The summed E-state index contributed by atoms with van der Waals surface area (Å²) in [5, 5.41) is 13.2. The summed E-state index contributed by atoms with van der Waals surface area (Å²) in [5.74, 6) is 0.583. The van der Waals surface area contributed by atoms with Gasteiger partial charge in [-0.2, -0.15) is 0 Å². The molecule has 2 unspecified atom stereocenters. The molecule has 0 aliphatic heterocycles. The van der Waals surface area contributed by atoms with Gasteiger partial charge in [0.1, 0.15) is 0 Å². The number of aliphatic hydroxyl groups excluding tert-OH is 1. The van der Waals surface area contributed by atoms with Gasteiger partial charge in [0.2, 0.25) is 0 Å². The van der Waals surface area contributed by atoms with Gasteiger partial charge in [-0.3, -0.25) is 0 Å². The number of aliphatic hydroxyl groups is 1. The quantitative estimate of drug-likeness (QED) is 0.801. The van der Waals surface area contributed by atoms with Crippen LogP contribution in [0.5, 0.6) is 0 Å². The van der Waals surface area contributed by atoms with E-state index in [0.29, 0.717) is 12.5 Å². The van der Waals surface area contributed by atoms with Crippen LogP contribution in [0.2, 0.25) is 0 Å². The Labute approximate surface area is 115 Å². The van der Waals surface area contributed by atoms with E-state index in [1.165, 1.54) is 18.4 Å². The van der Waals surface area contributed by atoms with Crippen molar-refractivity contribution in [2.75, 3.05) is 19.3 Å². The van der Waals surface area contributed by atoms with Crippen molar-refractivity contribution >= 4 is 9.84 Å². The highest BCUT2D eigenvalue weighted by molar-refractivity contribution is 7.90. The van der Waals surface area contributed by atoms with Crippen LogP contribution < -0.4 is 5.32 Å². The first-order valence-electron chi connectivity index (χ1n) is 6.53. The van der Waals surface area contributed by atoms with Crippen LogP contribution in [0, 0.1) is 5.92 Å². The van der Waals surface area contributed by atoms with E-state index in [9.17, 15) is 13.5 Å². The van der Waals surface area contributed by atoms with E-state index in [1.54, 1.807) is 12.1 Å². The van der Waals surface area contributed by atoms with Gasteiger partial charge >= 0.3 is 0 Å². The van der Waals surface area contributed by atoms with Crippen LogP contribution in [0.25, 0.3) is 0 Å². The summed E-state index contributed by atoms with van der Waals surface area (Å²) in [5.41, 5.74) is 0.726. The number of hydrogen-bond donors (Lipinski definition) is 2. The summed E-state index contributed by atoms with van der Waals surface area (Å²) in [6, 6.07) is 6.38. The molecule has 1 rings (SSSR count). The molecule has 0 heterocycles. The van der Waals surface area contributed by atoms with E-state index in [0.717, 1.165) is 18.5 Å². The SMILES string of the molecule is CCC(C)CNCC(O)c1ccc(S(C)(=O)=O)cc1. The van der Waals surface area contributed by atoms with Gasteiger partial charge in [0, 0.05) is 12.8 Å². The number of sulfone groups is 1. The van der Waals surface area contributed by atoms with E-state index in [-0.39, 0.29) is 4.90 Å². The van der Waals surface area contributed by atoms with E-state index < -0.39 is 15.9 Å². The van der Waals surface area contributed by atoms with Crippen molar-refractivity contribution in [3.8, 4) is 0 Å². The van der Waals surface area contributed by atoms with Crippen LogP contribution in [0.1, 0.15) is 31.9 Å². The van der Waals surface area contributed by atoms with Crippen molar-refractivity contribution in [3.05, 3.63) is 29.8 Å². The Kier molecular flexibility index (Phi) is 5.97. The fraction of sp³-hybridized carbons (Fsp3) is 0.571. The molecule has 0 aliphatic rings. The minimum Gasteiger partial charge on any atom is -0.387 e. The summed E-state index contributed by atoms with van der Waals surface area (Å²) in [6.45, 7) is 5.63. The molecule has 2 N–H and O–H groups in total. The molecule has 1 aromatic rings. The van der Waals surface area contributed by atoms with Crippen LogP contribution in [-0.2, 0) is 9.84 Å². The van der Waals surface area contributed by atoms with Gasteiger partial charge < -0.3 is 10.4 Å². The number of rotatable bonds is 7. The molecule has 0 spiro atoms. The van der Waals surface area contributed by atoms with E-state index in [1.807, 2.05) is 0 Å². The molecule has 0 amide bonds. The van der Waals surface area contributed by atoms with Gasteiger partial charge in [0.15, 0.2) is 9.84 Å². The molecule has 1 aromatic carbocycles. The van der Waals surface area contributed by atoms with Crippen molar-refractivity contribution < 1.29 is 13.5 Å². The molecule has 4 nitrogen and oxygen atoms in total. The lowest BCUT2D eigenvalue weighted by atomic mass is 10.1. The fourth-order valence-corrected chi connectivity index (χ4v) is 2.30. The van der Waals surface area contributed by atoms with Gasteiger partial charge in [0.05, 0.1) is 11.0 Å². The Bertz CT molecular complexity index is 482. The van der Waals surface area contributed by atoms with Crippen LogP contribution in [0.15, 0.2) is 29.2 Å². The Morgan fingerprint density at radius 2 is 1.79 bits per heavy atom. The lowest BCUT2D eigenvalue weighted by molar-refractivity contribution is 0.173. The zero-order chi connectivity index (χ0) is 14.5. The first kappa shape index (κ1) is 16.1. The lowest BCUT2D eigenvalue weighted by Gasteiger charge is -2.15. The lowest BCUT2D eigenvalue weighted by Crippen LogP contribution is -2.26. The van der Waals surface area contributed by atoms with Crippen molar-refractivity contribution in [3.63, 3.8) is 0 Å². The molecular formula is C14H23NO3S. The van der Waals surface area contributed by atoms with E-state index in [2.05, 4.69) is 19.2 Å². The average molecular weight is 285 g/mol. The number of benzene rings is 1. The molecule has 0 saturated heterocycles. The maximum atomic E-state index is 11.3. The van der Waals surface area contributed by atoms with Gasteiger partial charge in [-0.05, 0) is 30.2 Å². The molecule has 5 heteroatoms. The van der Waals surface area contributed by atoms with Crippen molar-refractivity contribution in [2.24, 2.45) is 5.92 Å².